The number of rotatable bonds is 5. The summed E-state index contributed by atoms with van der Waals surface area (Å²) >= 11 is 0. The van der Waals surface area contributed by atoms with Crippen LogP contribution in [0.25, 0.3) is 0 Å². The molecular weight excluding hydrogens is 316 g/mol. The Kier molecular flexibility index (Phi) is 4.39. The van der Waals surface area contributed by atoms with Crippen molar-refractivity contribution < 1.29 is 18.0 Å². The second-order valence-electron chi connectivity index (χ2n) is 6.28. The van der Waals surface area contributed by atoms with Crippen molar-refractivity contribution in [1.29, 1.82) is 0 Å². The molecule has 0 spiro atoms. The molecule has 1 aliphatic heterocycles. The molecule has 2 amide bonds. The van der Waals surface area contributed by atoms with Crippen LogP contribution in [0, 0.1) is 11.8 Å². The highest BCUT2D eigenvalue weighted by molar-refractivity contribution is 7.91. The monoisotopic (exact) mass is 336 g/mol. The Morgan fingerprint density at radius 2 is 1.70 bits per heavy atom. The first-order valence-corrected chi connectivity index (χ1v) is 9.63. The highest BCUT2D eigenvalue weighted by Crippen LogP contribution is 2.30. The lowest BCUT2D eigenvalue weighted by molar-refractivity contribution is -0.124. The van der Waals surface area contributed by atoms with E-state index in [1.165, 1.54) is 0 Å². The SMILES string of the molecule is O=C(Nc1ccc(CNC(=O)[C@H]2CCS(=O)(=O)C2)cc1)C1CC1. The molecule has 1 aromatic rings. The fraction of sp³-hybridized carbons (Fsp3) is 0.500. The maximum atomic E-state index is 12.0. The summed E-state index contributed by atoms with van der Waals surface area (Å²) in [7, 11) is -3.04. The Morgan fingerprint density at radius 1 is 1.00 bits per heavy atom. The first kappa shape index (κ1) is 16.0. The van der Waals surface area contributed by atoms with Crippen LogP contribution in [0.5, 0.6) is 0 Å². The van der Waals surface area contributed by atoms with Crippen LogP contribution >= 0.6 is 0 Å². The van der Waals surface area contributed by atoms with Crippen molar-refractivity contribution in [2.75, 3.05) is 16.8 Å². The molecule has 23 heavy (non-hydrogen) atoms. The third kappa shape index (κ3) is 4.31. The maximum absolute atomic E-state index is 12.0. The number of amides is 2. The van der Waals surface area contributed by atoms with Gasteiger partial charge < -0.3 is 10.6 Å². The van der Waals surface area contributed by atoms with Crippen molar-refractivity contribution in [3.63, 3.8) is 0 Å². The molecule has 3 rings (SSSR count). The zero-order chi connectivity index (χ0) is 16.4. The molecule has 7 heteroatoms. The van der Waals surface area contributed by atoms with Crippen LogP contribution in [0.3, 0.4) is 0 Å². The smallest absolute Gasteiger partial charge is 0.227 e. The van der Waals surface area contributed by atoms with Gasteiger partial charge in [0, 0.05) is 18.2 Å². The van der Waals surface area contributed by atoms with Gasteiger partial charge in [0.05, 0.1) is 17.4 Å². The van der Waals surface area contributed by atoms with Gasteiger partial charge in [0.2, 0.25) is 11.8 Å². The van der Waals surface area contributed by atoms with E-state index in [1.807, 2.05) is 24.3 Å². The predicted octanol–water partition coefficient (Wildman–Crippen LogP) is 1.09. The molecule has 1 saturated carbocycles. The van der Waals surface area contributed by atoms with E-state index in [0.29, 0.717) is 13.0 Å². The van der Waals surface area contributed by atoms with Gasteiger partial charge in [0.15, 0.2) is 9.84 Å². The second-order valence-corrected chi connectivity index (χ2v) is 8.51. The van der Waals surface area contributed by atoms with Gasteiger partial charge in [0.25, 0.3) is 0 Å². The summed E-state index contributed by atoms with van der Waals surface area (Å²) < 4.78 is 22.8. The molecule has 0 bridgehead atoms. The van der Waals surface area contributed by atoms with Gasteiger partial charge >= 0.3 is 0 Å². The number of hydrogen-bond acceptors (Lipinski definition) is 4. The summed E-state index contributed by atoms with van der Waals surface area (Å²) in [6, 6.07) is 7.30. The minimum atomic E-state index is -3.04. The zero-order valence-electron chi connectivity index (χ0n) is 12.7. The normalized spacial score (nSPS) is 22.5. The molecule has 0 radical (unpaired) electrons. The lowest BCUT2D eigenvalue weighted by atomic mass is 10.1. The molecule has 124 valence electrons. The molecule has 0 aromatic heterocycles. The van der Waals surface area contributed by atoms with Gasteiger partial charge in [0.1, 0.15) is 0 Å². The quantitative estimate of drug-likeness (QED) is 0.842. The summed E-state index contributed by atoms with van der Waals surface area (Å²) in [5.41, 5.74) is 1.66. The van der Waals surface area contributed by atoms with Gasteiger partial charge in [-0.05, 0) is 37.0 Å². The van der Waals surface area contributed by atoms with Crippen LogP contribution in [0.2, 0.25) is 0 Å². The zero-order valence-corrected chi connectivity index (χ0v) is 13.6. The number of carbonyl (C=O) groups excluding carboxylic acids is 2. The molecule has 1 heterocycles. The van der Waals surface area contributed by atoms with E-state index < -0.39 is 15.8 Å². The largest absolute Gasteiger partial charge is 0.352 e. The molecule has 1 atom stereocenters. The summed E-state index contributed by atoms with van der Waals surface area (Å²) in [6.07, 6.45) is 2.33. The molecule has 6 nitrogen and oxygen atoms in total. The standard InChI is InChI=1S/C16H20N2O4S/c19-15(13-7-8-23(21,22)10-13)17-9-11-1-5-14(6-2-11)18-16(20)12-3-4-12/h1-2,5-6,12-13H,3-4,7-10H2,(H,17,19)(H,18,20)/t13-/m0/s1. The highest BCUT2D eigenvalue weighted by Gasteiger charge is 2.32. The highest BCUT2D eigenvalue weighted by atomic mass is 32.2. The number of carbonyl (C=O) groups is 2. The first-order valence-electron chi connectivity index (χ1n) is 7.81. The molecular formula is C16H20N2O4S. The summed E-state index contributed by atoms with van der Waals surface area (Å²) in [5.74, 6) is -0.370. The Bertz CT molecular complexity index is 708. The molecule has 1 aliphatic carbocycles. The van der Waals surface area contributed by atoms with E-state index in [1.54, 1.807) is 0 Å². The van der Waals surface area contributed by atoms with E-state index in [0.717, 1.165) is 24.1 Å². The van der Waals surface area contributed by atoms with Crippen LogP contribution in [0.1, 0.15) is 24.8 Å². The first-order chi connectivity index (χ1) is 10.9. The van der Waals surface area contributed by atoms with Crippen molar-refractivity contribution in [2.45, 2.75) is 25.8 Å². The molecule has 0 unspecified atom stereocenters. The van der Waals surface area contributed by atoms with E-state index >= 15 is 0 Å². The third-order valence-electron chi connectivity index (χ3n) is 4.24. The van der Waals surface area contributed by atoms with Crippen molar-refractivity contribution in [1.82, 2.24) is 5.32 Å². The molecule has 1 aromatic carbocycles. The Balaban J connectivity index is 1.48. The topological polar surface area (TPSA) is 92.3 Å². The number of sulfone groups is 1. The number of hydrogen-bond donors (Lipinski definition) is 2. The fourth-order valence-electron chi connectivity index (χ4n) is 2.63. The van der Waals surface area contributed by atoms with Gasteiger partial charge in [-0.15, -0.1) is 0 Å². The number of benzene rings is 1. The van der Waals surface area contributed by atoms with Crippen LogP contribution in [0.15, 0.2) is 24.3 Å². The van der Waals surface area contributed by atoms with Gasteiger partial charge in [-0.1, -0.05) is 12.1 Å². The summed E-state index contributed by atoms with van der Waals surface area (Å²) in [6.45, 7) is 0.353. The van der Waals surface area contributed by atoms with Crippen molar-refractivity contribution >= 4 is 27.3 Å². The van der Waals surface area contributed by atoms with E-state index in [-0.39, 0.29) is 29.2 Å². The lowest BCUT2D eigenvalue weighted by Crippen LogP contribution is -2.30. The van der Waals surface area contributed by atoms with Crippen molar-refractivity contribution in [3.8, 4) is 0 Å². The summed E-state index contributed by atoms with van der Waals surface area (Å²) in [4.78, 5) is 23.6. The second kappa shape index (κ2) is 6.31. The van der Waals surface area contributed by atoms with Gasteiger partial charge in [-0.25, -0.2) is 8.42 Å². The molecule has 2 fully saturated rings. The summed E-state index contributed by atoms with van der Waals surface area (Å²) in [5, 5.41) is 5.63. The lowest BCUT2D eigenvalue weighted by Gasteiger charge is -2.10. The predicted molar refractivity (Wildman–Crippen MR) is 86.4 cm³/mol. The van der Waals surface area contributed by atoms with E-state index in [9.17, 15) is 18.0 Å². The molecule has 2 N–H and O–H groups in total. The fourth-order valence-corrected chi connectivity index (χ4v) is 4.37. The Labute approximate surface area is 135 Å². The van der Waals surface area contributed by atoms with Crippen molar-refractivity contribution in [3.05, 3.63) is 29.8 Å². The van der Waals surface area contributed by atoms with Crippen molar-refractivity contribution in [2.24, 2.45) is 11.8 Å². The minimum Gasteiger partial charge on any atom is -0.352 e. The van der Waals surface area contributed by atoms with Crippen LogP contribution in [0.4, 0.5) is 5.69 Å². The number of nitrogens with one attached hydrogen (secondary N) is 2. The average Bonchev–Trinajstić information content (AvgIpc) is 3.30. The van der Waals surface area contributed by atoms with Crippen LogP contribution < -0.4 is 10.6 Å². The molecule has 2 aliphatic rings. The Morgan fingerprint density at radius 3 is 2.26 bits per heavy atom. The number of anilines is 1. The van der Waals surface area contributed by atoms with Crippen LogP contribution in [-0.4, -0.2) is 31.7 Å². The van der Waals surface area contributed by atoms with Gasteiger partial charge in [-0.3, -0.25) is 9.59 Å². The maximum Gasteiger partial charge on any atom is 0.227 e. The Hall–Kier alpha value is -1.89. The minimum absolute atomic E-state index is 0.0506. The average molecular weight is 336 g/mol. The molecule has 1 saturated heterocycles. The van der Waals surface area contributed by atoms with E-state index in [2.05, 4.69) is 10.6 Å². The third-order valence-corrected chi connectivity index (χ3v) is 6.01. The van der Waals surface area contributed by atoms with Gasteiger partial charge in [-0.2, -0.15) is 0 Å². The van der Waals surface area contributed by atoms with E-state index in [4.69, 9.17) is 0 Å². The van der Waals surface area contributed by atoms with Crippen LogP contribution in [-0.2, 0) is 26.0 Å².